The number of likely N-dealkylation sites (N-methyl/N-ethyl adjacent to an activating group) is 1. The van der Waals surface area contributed by atoms with Crippen LogP contribution in [0.2, 0.25) is 0 Å². The number of amides is 1. The third-order valence-corrected chi connectivity index (χ3v) is 3.72. The van der Waals surface area contributed by atoms with E-state index in [-0.39, 0.29) is 11.7 Å². The predicted molar refractivity (Wildman–Crippen MR) is 77.1 cm³/mol. The number of alkyl halides is 3. The van der Waals surface area contributed by atoms with Gasteiger partial charge in [0.1, 0.15) is 6.10 Å². The third kappa shape index (κ3) is 3.25. The van der Waals surface area contributed by atoms with Crippen molar-refractivity contribution >= 4 is 11.6 Å². The molecule has 0 aliphatic carbocycles. The van der Waals surface area contributed by atoms with Gasteiger partial charge in [-0.3, -0.25) is 4.79 Å². The van der Waals surface area contributed by atoms with Crippen LogP contribution in [0.5, 0.6) is 0 Å². The molecule has 128 valence electrons. The first-order valence-corrected chi connectivity index (χ1v) is 7.27. The molecule has 2 heterocycles. The first kappa shape index (κ1) is 16.4. The molecule has 0 saturated carbocycles. The van der Waals surface area contributed by atoms with E-state index in [1.165, 1.54) is 17.0 Å². The number of carbonyl (C=O) groups is 1. The van der Waals surface area contributed by atoms with E-state index in [1.807, 2.05) is 0 Å². The Morgan fingerprint density at radius 1 is 1.29 bits per heavy atom. The van der Waals surface area contributed by atoms with E-state index in [4.69, 9.17) is 4.74 Å². The zero-order chi connectivity index (χ0) is 17.3. The van der Waals surface area contributed by atoms with E-state index < -0.39 is 18.2 Å². The summed E-state index contributed by atoms with van der Waals surface area (Å²) < 4.78 is 47.0. The number of hydrogen-bond donors (Lipinski definition) is 0. The lowest BCUT2D eigenvalue weighted by Crippen LogP contribution is -2.35. The Bertz CT molecular complexity index is 722. The highest BCUT2D eigenvalue weighted by Crippen LogP contribution is 2.30. The highest BCUT2D eigenvalue weighted by Gasteiger charge is 2.38. The van der Waals surface area contributed by atoms with Crippen molar-refractivity contribution in [1.82, 2.24) is 10.1 Å². The van der Waals surface area contributed by atoms with Gasteiger partial charge in [0.25, 0.3) is 5.91 Å². The quantitative estimate of drug-likeness (QED) is 0.859. The molecule has 24 heavy (non-hydrogen) atoms. The number of hydrogen-bond acceptors (Lipinski definition) is 5. The first-order valence-electron chi connectivity index (χ1n) is 7.27. The summed E-state index contributed by atoms with van der Waals surface area (Å²) in [7, 11) is 1.62. The van der Waals surface area contributed by atoms with Gasteiger partial charge >= 0.3 is 12.1 Å². The molecule has 1 aromatic carbocycles. The molecule has 3 rings (SSSR count). The second kappa shape index (κ2) is 6.23. The van der Waals surface area contributed by atoms with Gasteiger partial charge in [0, 0.05) is 24.9 Å². The molecule has 1 aliphatic heterocycles. The standard InChI is InChI=1S/C15H14F3N3O3/c1-21(13(22)11-3-2-8-23-11)10-6-4-9(5-7-10)12-19-14(24-20-12)15(16,17)18/h4-7,11H,2-3,8H2,1H3. The third-order valence-electron chi connectivity index (χ3n) is 3.72. The number of anilines is 1. The average molecular weight is 341 g/mol. The van der Waals surface area contributed by atoms with Gasteiger partial charge < -0.3 is 14.2 Å². The summed E-state index contributed by atoms with van der Waals surface area (Å²) in [6.07, 6.45) is -3.59. The Labute approximate surface area is 135 Å². The second-order valence-corrected chi connectivity index (χ2v) is 5.37. The lowest BCUT2D eigenvalue weighted by Gasteiger charge is -2.20. The molecule has 9 heteroatoms. The van der Waals surface area contributed by atoms with Crippen molar-refractivity contribution in [2.75, 3.05) is 18.6 Å². The highest BCUT2D eigenvalue weighted by atomic mass is 19.4. The Morgan fingerprint density at radius 3 is 2.54 bits per heavy atom. The summed E-state index contributed by atoms with van der Waals surface area (Å²) in [5.41, 5.74) is 0.953. The number of ether oxygens (including phenoxy) is 1. The first-order chi connectivity index (χ1) is 11.4. The summed E-state index contributed by atoms with van der Waals surface area (Å²) >= 11 is 0. The van der Waals surface area contributed by atoms with Crippen LogP contribution in [0.1, 0.15) is 18.7 Å². The molecule has 6 nitrogen and oxygen atoms in total. The van der Waals surface area contributed by atoms with Gasteiger partial charge in [0.05, 0.1) is 0 Å². The number of rotatable bonds is 3. The monoisotopic (exact) mass is 341 g/mol. The van der Waals surface area contributed by atoms with Gasteiger partial charge in [-0.25, -0.2) is 0 Å². The second-order valence-electron chi connectivity index (χ2n) is 5.37. The number of aromatic nitrogens is 2. The maximum atomic E-state index is 12.5. The molecule has 1 saturated heterocycles. The molecule has 1 atom stereocenters. The summed E-state index contributed by atoms with van der Waals surface area (Å²) in [6.45, 7) is 0.572. The van der Waals surface area contributed by atoms with Gasteiger partial charge in [-0.05, 0) is 37.1 Å². The fourth-order valence-electron chi connectivity index (χ4n) is 2.41. The molecule has 1 fully saturated rings. The molecule has 1 amide bonds. The molecule has 1 aromatic heterocycles. The lowest BCUT2D eigenvalue weighted by molar-refractivity contribution is -0.159. The number of carbonyl (C=O) groups excluding carboxylic acids is 1. The van der Waals surface area contributed by atoms with Crippen molar-refractivity contribution < 1.29 is 27.2 Å². The van der Waals surface area contributed by atoms with Gasteiger partial charge in [0.15, 0.2) is 0 Å². The van der Waals surface area contributed by atoms with Crippen LogP contribution >= 0.6 is 0 Å². The molecule has 0 bridgehead atoms. The normalized spacial score (nSPS) is 17.9. The van der Waals surface area contributed by atoms with E-state index in [2.05, 4.69) is 14.7 Å². The Hall–Kier alpha value is -2.42. The minimum Gasteiger partial charge on any atom is -0.368 e. The maximum absolute atomic E-state index is 12.5. The van der Waals surface area contributed by atoms with Gasteiger partial charge in [-0.2, -0.15) is 18.2 Å². The Balaban J connectivity index is 1.75. The van der Waals surface area contributed by atoms with Crippen molar-refractivity contribution in [1.29, 1.82) is 0 Å². The molecule has 0 N–H and O–H groups in total. The Kier molecular flexibility index (Phi) is 4.27. The summed E-state index contributed by atoms with van der Waals surface area (Å²) in [5, 5.41) is 3.32. The van der Waals surface area contributed by atoms with Gasteiger partial charge in [-0.15, -0.1) is 0 Å². The van der Waals surface area contributed by atoms with E-state index >= 15 is 0 Å². The van der Waals surface area contributed by atoms with Crippen molar-refractivity contribution in [2.24, 2.45) is 0 Å². The fraction of sp³-hybridized carbons (Fsp3) is 0.400. The lowest BCUT2D eigenvalue weighted by atomic mass is 10.1. The summed E-state index contributed by atoms with van der Waals surface area (Å²) in [5.74, 6) is -1.71. The van der Waals surface area contributed by atoms with Crippen LogP contribution in [0.4, 0.5) is 18.9 Å². The minimum absolute atomic E-state index is 0.154. The van der Waals surface area contributed by atoms with Crippen LogP contribution in [-0.4, -0.2) is 35.8 Å². The largest absolute Gasteiger partial charge is 0.471 e. The number of nitrogens with zero attached hydrogens (tertiary/aromatic N) is 3. The predicted octanol–water partition coefficient (Wildman–Crippen LogP) is 2.90. The minimum atomic E-state index is -4.68. The molecular formula is C15H14F3N3O3. The fourth-order valence-corrected chi connectivity index (χ4v) is 2.41. The molecular weight excluding hydrogens is 327 g/mol. The topological polar surface area (TPSA) is 68.5 Å². The molecule has 1 unspecified atom stereocenters. The van der Waals surface area contributed by atoms with Crippen LogP contribution in [0.3, 0.4) is 0 Å². The molecule has 1 aliphatic rings. The highest BCUT2D eigenvalue weighted by molar-refractivity contribution is 5.96. The average Bonchev–Trinajstić information content (AvgIpc) is 3.24. The van der Waals surface area contributed by atoms with Crippen LogP contribution in [0, 0.1) is 0 Å². The van der Waals surface area contributed by atoms with Crippen LogP contribution in [0.25, 0.3) is 11.4 Å². The van der Waals surface area contributed by atoms with Crippen molar-refractivity contribution in [2.45, 2.75) is 25.1 Å². The van der Waals surface area contributed by atoms with E-state index in [9.17, 15) is 18.0 Å². The van der Waals surface area contributed by atoms with Crippen LogP contribution < -0.4 is 4.90 Å². The van der Waals surface area contributed by atoms with Gasteiger partial charge in [0.2, 0.25) is 5.82 Å². The Morgan fingerprint density at radius 2 is 2.00 bits per heavy atom. The van der Waals surface area contributed by atoms with Crippen molar-refractivity contribution in [3.63, 3.8) is 0 Å². The summed E-state index contributed by atoms with van der Waals surface area (Å²) in [6, 6.07) is 6.26. The SMILES string of the molecule is CN(C(=O)C1CCCO1)c1ccc(-c2noc(C(F)(F)F)n2)cc1. The maximum Gasteiger partial charge on any atom is 0.471 e. The van der Waals surface area contributed by atoms with Gasteiger partial charge in [-0.1, -0.05) is 5.16 Å². The molecule has 2 aromatic rings. The van der Waals surface area contributed by atoms with E-state index in [1.54, 1.807) is 19.2 Å². The number of benzene rings is 1. The summed E-state index contributed by atoms with van der Waals surface area (Å²) in [4.78, 5) is 17.0. The zero-order valence-electron chi connectivity index (χ0n) is 12.7. The van der Waals surface area contributed by atoms with Crippen LogP contribution in [0.15, 0.2) is 28.8 Å². The van der Waals surface area contributed by atoms with E-state index in [0.717, 1.165) is 6.42 Å². The van der Waals surface area contributed by atoms with E-state index in [0.29, 0.717) is 24.3 Å². The molecule has 0 radical (unpaired) electrons. The van der Waals surface area contributed by atoms with Crippen LogP contribution in [-0.2, 0) is 15.7 Å². The van der Waals surface area contributed by atoms with Crippen molar-refractivity contribution in [3.05, 3.63) is 30.2 Å². The smallest absolute Gasteiger partial charge is 0.368 e. The number of halogens is 3. The molecule has 0 spiro atoms. The van der Waals surface area contributed by atoms with Crippen molar-refractivity contribution in [3.8, 4) is 11.4 Å². The zero-order valence-corrected chi connectivity index (χ0v) is 12.7.